The molecule has 214 valence electrons. The van der Waals surface area contributed by atoms with Crippen molar-refractivity contribution in [2.24, 2.45) is 0 Å². The number of nitrogens with one attached hydrogen (secondary N) is 1. The van der Waals surface area contributed by atoms with Crippen molar-refractivity contribution in [3.63, 3.8) is 0 Å². The first-order valence-electron chi connectivity index (χ1n) is 13.5. The molecule has 0 radical (unpaired) electrons. The van der Waals surface area contributed by atoms with Crippen molar-refractivity contribution in [1.82, 2.24) is 10.2 Å². The fraction of sp³-hybridized carbons (Fsp3) is 0.355. The van der Waals surface area contributed by atoms with Gasteiger partial charge in [0, 0.05) is 17.6 Å². The van der Waals surface area contributed by atoms with Crippen molar-refractivity contribution in [3.05, 3.63) is 94.5 Å². The van der Waals surface area contributed by atoms with Gasteiger partial charge in [-0.25, -0.2) is 8.42 Å². The van der Waals surface area contributed by atoms with Crippen LogP contribution in [-0.4, -0.2) is 43.8 Å². The summed E-state index contributed by atoms with van der Waals surface area (Å²) in [4.78, 5) is 28.9. The van der Waals surface area contributed by atoms with Gasteiger partial charge in [-0.05, 0) is 69.0 Å². The van der Waals surface area contributed by atoms with Gasteiger partial charge in [0.25, 0.3) is 10.0 Å². The summed E-state index contributed by atoms with van der Waals surface area (Å²) in [7, 11) is -4.13. The number of para-hydroxylation sites is 1. The van der Waals surface area contributed by atoms with Crippen molar-refractivity contribution in [3.8, 4) is 0 Å². The highest BCUT2D eigenvalue weighted by Gasteiger charge is 2.34. The van der Waals surface area contributed by atoms with Crippen molar-refractivity contribution in [2.45, 2.75) is 71.0 Å². The summed E-state index contributed by atoms with van der Waals surface area (Å²) >= 11 is 6.45. The van der Waals surface area contributed by atoms with Gasteiger partial charge in [-0.3, -0.25) is 13.9 Å². The Morgan fingerprint density at radius 3 is 2.08 bits per heavy atom. The lowest BCUT2D eigenvalue weighted by Crippen LogP contribution is -2.53. The topological polar surface area (TPSA) is 86.8 Å². The first-order chi connectivity index (χ1) is 19.0. The van der Waals surface area contributed by atoms with E-state index < -0.39 is 28.5 Å². The molecule has 0 aromatic heterocycles. The summed E-state index contributed by atoms with van der Waals surface area (Å²) < 4.78 is 29.3. The summed E-state index contributed by atoms with van der Waals surface area (Å²) in [6.45, 7) is 8.91. The van der Waals surface area contributed by atoms with E-state index in [1.807, 2.05) is 52.8 Å². The van der Waals surface area contributed by atoms with Crippen LogP contribution < -0.4 is 9.62 Å². The molecule has 2 amide bonds. The van der Waals surface area contributed by atoms with Gasteiger partial charge in [0.2, 0.25) is 11.8 Å². The quantitative estimate of drug-likeness (QED) is 0.295. The minimum atomic E-state index is -4.13. The number of amides is 2. The fourth-order valence-corrected chi connectivity index (χ4v) is 6.16. The van der Waals surface area contributed by atoms with Crippen LogP contribution in [-0.2, 0) is 32.6 Å². The average molecular weight is 584 g/mol. The first-order valence-corrected chi connectivity index (χ1v) is 15.3. The lowest BCUT2D eigenvalue weighted by molar-refractivity contribution is -0.140. The summed E-state index contributed by atoms with van der Waals surface area (Å²) in [6.07, 6.45) is 0.910. The van der Waals surface area contributed by atoms with Crippen molar-refractivity contribution >= 4 is 39.1 Å². The molecule has 0 saturated heterocycles. The van der Waals surface area contributed by atoms with E-state index in [0.717, 1.165) is 15.4 Å². The zero-order valence-corrected chi connectivity index (χ0v) is 25.3. The van der Waals surface area contributed by atoms with Crippen LogP contribution in [0.25, 0.3) is 0 Å². The van der Waals surface area contributed by atoms with Gasteiger partial charge in [-0.1, -0.05) is 79.5 Å². The van der Waals surface area contributed by atoms with E-state index in [9.17, 15) is 18.0 Å². The van der Waals surface area contributed by atoms with Gasteiger partial charge in [-0.2, -0.15) is 0 Å². The monoisotopic (exact) mass is 583 g/mol. The predicted octanol–water partition coefficient (Wildman–Crippen LogP) is 5.74. The van der Waals surface area contributed by atoms with Gasteiger partial charge < -0.3 is 10.2 Å². The van der Waals surface area contributed by atoms with E-state index in [-0.39, 0.29) is 23.4 Å². The second kappa shape index (κ2) is 13.8. The van der Waals surface area contributed by atoms with E-state index in [1.165, 1.54) is 4.90 Å². The maximum Gasteiger partial charge on any atom is 0.264 e. The molecule has 1 N–H and O–H groups in total. The number of rotatable bonds is 12. The van der Waals surface area contributed by atoms with Crippen molar-refractivity contribution in [2.75, 3.05) is 10.8 Å². The molecule has 0 bridgehead atoms. The molecule has 0 aliphatic carbocycles. The second-order valence-corrected chi connectivity index (χ2v) is 12.3. The number of sulfonamides is 1. The van der Waals surface area contributed by atoms with E-state index in [1.54, 1.807) is 54.6 Å². The number of hydrogen-bond donors (Lipinski definition) is 1. The molecule has 0 heterocycles. The Morgan fingerprint density at radius 2 is 1.50 bits per heavy atom. The Hall–Kier alpha value is -3.36. The molecule has 0 saturated carbocycles. The predicted molar refractivity (Wildman–Crippen MR) is 161 cm³/mol. The van der Waals surface area contributed by atoms with Crippen LogP contribution >= 0.6 is 11.6 Å². The maximum absolute atomic E-state index is 14.2. The van der Waals surface area contributed by atoms with Crippen LogP contribution in [0.4, 0.5) is 5.69 Å². The fourth-order valence-electron chi connectivity index (χ4n) is 4.51. The first kappa shape index (κ1) is 31.2. The van der Waals surface area contributed by atoms with Crippen molar-refractivity contribution in [1.29, 1.82) is 0 Å². The van der Waals surface area contributed by atoms with Crippen LogP contribution in [0.15, 0.2) is 77.7 Å². The molecule has 0 fully saturated rings. The van der Waals surface area contributed by atoms with Crippen LogP contribution in [0, 0.1) is 6.92 Å². The Morgan fingerprint density at radius 1 is 0.900 bits per heavy atom. The zero-order valence-electron chi connectivity index (χ0n) is 23.7. The number of aryl methyl sites for hydroxylation is 2. The van der Waals surface area contributed by atoms with Crippen LogP contribution in [0.1, 0.15) is 50.8 Å². The van der Waals surface area contributed by atoms with E-state index >= 15 is 0 Å². The van der Waals surface area contributed by atoms with Gasteiger partial charge >= 0.3 is 0 Å². The van der Waals surface area contributed by atoms with Gasteiger partial charge in [-0.15, -0.1) is 0 Å². The lowest BCUT2D eigenvalue weighted by Gasteiger charge is -2.34. The molecule has 0 unspecified atom stereocenters. The Balaban J connectivity index is 2.11. The molecule has 9 heteroatoms. The number of carbonyl (C=O) groups is 2. The highest BCUT2D eigenvalue weighted by atomic mass is 35.5. The molecule has 3 aromatic rings. The summed E-state index contributed by atoms with van der Waals surface area (Å²) in [5.74, 6) is -0.813. The zero-order chi connectivity index (χ0) is 29.4. The highest BCUT2D eigenvalue weighted by Crippen LogP contribution is 2.29. The third-order valence-electron chi connectivity index (χ3n) is 6.64. The average Bonchev–Trinajstić information content (AvgIpc) is 2.92. The lowest BCUT2D eigenvalue weighted by atomic mass is 10.1. The largest absolute Gasteiger partial charge is 0.352 e. The maximum atomic E-state index is 14.2. The minimum absolute atomic E-state index is 0.0520. The standard InChI is InChI=1S/C31H38ClN3O4S/c1-6-24-12-9-11-15-29(24)35(40(38,39)26-18-16-23(5)17-19-26)21-30(36)34(20-25-13-8-10-14-27(25)32)28(7-2)31(37)33-22(3)4/h8-19,22,28H,6-7,20-21H2,1-5H3,(H,33,37)/t28-/m1/s1. The molecular weight excluding hydrogens is 546 g/mol. The number of halogens is 1. The summed E-state index contributed by atoms with van der Waals surface area (Å²) in [6, 6.07) is 19.9. The second-order valence-electron chi connectivity index (χ2n) is 10.0. The Labute approximate surface area is 243 Å². The smallest absolute Gasteiger partial charge is 0.264 e. The Kier molecular flexibility index (Phi) is 10.8. The van der Waals surface area contributed by atoms with Crippen LogP contribution in [0.3, 0.4) is 0 Å². The van der Waals surface area contributed by atoms with E-state index in [4.69, 9.17) is 11.6 Å². The number of carbonyl (C=O) groups excluding carboxylic acids is 2. The van der Waals surface area contributed by atoms with Gasteiger partial charge in [0.15, 0.2) is 0 Å². The van der Waals surface area contributed by atoms with E-state index in [2.05, 4.69) is 5.32 Å². The third kappa shape index (κ3) is 7.43. The normalized spacial score (nSPS) is 12.2. The highest BCUT2D eigenvalue weighted by molar-refractivity contribution is 7.92. The number of anilines is 1. The molecule has 0 aliphatic heterocycles. The molecule has 3 rings (SSSR count). The molecule has 0 aliphatic rings. The molecule has 7 nitrogen and oxygen atoms in total. The van der Waals surface area contributed by atoms with Crippen LogP contribution in [0.5, 0.6) is 0 Å². The Bertz CT molecular complexity index is 1420. The van der Waals surface area contributed by atoms with Gasteiger partial charge in [0.1, 0.15) is 12.6 Å². The minimum Gasteiger partial charge on any atom is -0.352 e. The van der Waals surface area contributed by atoms with Crippen molar-refractivity contribution < 1.29 is 18.0 Å². The summed E-state index contributed by atoms with van der Waals surface area (Å²) in [5, 5.41) is 3.35. The number of benzene rings is 3. The molecule has 1 atom stereocenters. The van der Waals surface area contributed by atoms with Crippen LogP contribution in [0.2, 0.25) is 5.02 Å². The van der Waals surface area contributed by atoms with Gasteiger partial charge in [0.05, 0.1) is 10.6 Å². The SMILES string of the molecule is CCc1ccccc1N(CC(=O)N(Cc1ccccc1Cl)[C@H](CC)C(=O)NC(C)C)S(=O)(=O)c1ccc(C)cc1. The number of hydrogen-bond acceptors (Lipinski definition) is 4. The molecule has 3 aromatic carbocycles. The molecule has 40 heavy (non-hydrogen) atoms. The molecule has 0 spiro atoms. The third-order valence-corrected chi connectivity index (χ3v) is 8.79. The number of nitrogens with zero attached hydrogens (tertiary/aromatic N) is 2. The molecular formula is C31H38ClN3O4S. The van der Waals surface area contributed by atoms with E-state index in [0.29, 0.717) is 29.1 Å². The summed E-state index contributed by atoms with van der Waals surface area (Å²) in [5.41, 5.74) is 2.79.